The highest BCUT2D eigenvalue weighted by Gasteiger charge is 2.41. The molecule has 5 nitrogen and oxygen atoms in total. The molecule has 2 aliphatic rings. The molecule has 2 aliphatic heterocycles. The topological polar surface area (TPSA) is 58.6 Å². The first kappa shape index (κ1) is 10.3. The van der Waals surface area contributed by atoms with Crippen molar-refractivity contribution in [2.75, 3.05) is 20.2 Å². The van der Waals surface area contributed by atoms with Crippen LogP contribution in [0.3, 0.4) is 0 Å². The van der Waals surface area contributed by atoms with Crippen LogP contribution in [0.1, 0.15) is 6.92 Å². The summed E-state index contributed by atoms with van der Waals surface area (Å²) in [6.07, 6.45) is 1.28. The molecule has 1 N–H and O–H groups in total. The molecule has 2 atom stereocenters. The van der Waals surface area contributed by atoms with Crippen LogP contribution in [0.15, 0.2) is 11.6 Å². The van der Waals surface area contributed by atoms with Crippen molar-refractivity contribution in [2.45, 2.75) is 19.1 Å². The van der Waals surface area contributed by atoms with E-state index >= 15 is 0 Å². The molecular formula is C10H14N2O3. The Kier molecular flexibility index (Phi) is 2.58. The van der Waals surface area contributed by atoms with Crippen LogP contribution >= 0.6 is 0 Å². The van der Waals surface area contributed by atoms with Crippen molar-refractivity contribution < 1.29 is 14.3 Å². The maximum absolute atomic E-state index is 11.7. The van der Waals surface area contributed by atoms with Crippen LogP contribution in [0.25, 0.3) is 0 Å². The summed E-state index contributed by atoms with van der Waals surface area (Å²) in [5.41, 5.74) is 0.502. The van der Waals surface area contributed by atoms with Crippen LogP contribution in [-0.2, 0) is 14.3 Å². The molecule has 1 fully saturated rings. The van der Waals surface area contributed by atoms with Gasteiger partial charge >= 0.3 is 0 Å². The highest BCUT2D eigenvalue weighted by Crippen LogP contribution is 2.20. The highest BCUT2D eigenvalue weighted by atomic mass is 16.5. The second-order valence-corrected chi connectivity index (χ2v) is 3.84. The predicted octanol–water partition coefficient (Wildman–Crippen LogP) is -0.712. The minimum atomic E-state index is -0.228. The number of hydrogen-bond donors (Lipinski definition) is 1. The molecular weight excluding hydrogens is 196 g/mol. The molecule has 2 rings (SSSR count). The first-order valence-corrected chi connectivity index (χ1v) is 4.94. The number of hydrogen-bond acceptors (Lipinski definition) is 4. The summed E-state index contributed by atoms with van der Waals surface area (Å²) in [6, 6.07) is -0.177. The number of rotatable bonds is 2. The Morgan fingerprint density at radius 2 is 2.20 bits per heavy atom. The molecule has 5 heteroatoms. The van der Waals surface area contributed by atoms with Gasteiger partial charge in [-0.2, -0.15) is 0 Å². The molecule has 1 saturated heterocycles. The van der Waals surface area contributed by atoms with Crippen LogP contribution in [-0.4, -0.2) is 49.1 Å². The van der Waals surface area contributed by atoms with Crippen molar-refractivity contribution in [1.82, 2.24) is 10.2 Å². The van der Waals surface area contributed by atoms with Gasteiger partial charge in [0.15, 0.2) is 0 Å². The molecule has 2 amide bonds. The largest absolute Gasteiger partial charge is 0.378 e. The number of imide groups is 1. The van der Waals surface area contributed by atoms with E-state index in [2.05, 4.69) is 5.32 Å². The van der Waals surface area contributed by atoms with E-state index in [1.807, 2.05) is 0 Å². The first-order valence-electron chi connectivity index (χ1n) is 4.94. The fraction of sp³-hybridized carbons (Fsp3) is 0.600. The van der Waals surface area contributed by atoms with Crippen molar-refractivity contribution in [3.8, 4) is 0 Å². The first-order chi connectivity index (χ1) is 7.15. The van der Waals surface area contributed by atoms with Gasteiger partial charge in [-0.05, 0) is 6.92 Å². The van der Waals surface area contributed by atoms with E-state index in [9.17, 15) is 9.59 Å². The second-order valence-electron chi connectivity index (χ2n) is 3.84. The minimum absolute atomic E-state index is 0.0998. The van der Waals surface area contributed by atoms with Gasteiger partial charge in [0, 0.05) is 31.8 Å². The summed E-state index contributed by atoms with van der Waals surface area (Å²) in [6.45, 7) is 2.94. The monoisotopic (exact) mass is 210 g/mol. The molecule has 0 aliphatic carbocycles. The number of nitrogens with one attached hydrogen (secondary N) is 1. The normalized spacial score (nSPS) is 31.3. The minimum Gasteiger partial charge on any atom is -0.378 e. The van der Waals surface area contributed by atoms with E-state index in [0.29, 0.717) is 18.7 Å². The summed E-state index contributed by atoms with van der Waals surface area (Å²) in [5, 5.41) is 3.11. The molecule has 0 spiro atoms. The van der Waals surface area contributed by atoms with Gasteiger partial charge in [0.25, 0.3) is 11.8 Å². The van der Waals surface area contributed by atoms with Gasteiger partial charge in [-0.3, -0.25) is 14.5 Å². The standard InChI is InChI=1S/C10H14N2O3/c1-6-3-9(13)12(10(6)14)7-4-11-5-8(7)15-2/h3,7-8,11H,4-5H2,1-2H3. The fourth-order valence-electron chi connectivity index (χ4n) is 2.06. The van der Waals surface area contributed by atoms with Gasteiger partial charge in [-0.1, -0.05) is 0 Å². The lowest BCUT2D eigenvalue weighted by Crippen LogP contribution is -2.47. The van der Waals surface area contributed by atoms with Crippen molar-refractivity contribution in [1.29, 1.82) is 0 Å². The van der Waals surface area contributed by atoms with Crippen molar-refractivity contribution in [3.63, 3.8) is 0 Å². The lowest BCUT2D eigenvalue weighted by Gasteiger charge is -2.26. The Morgan fingerprint density at radius 1 is 1.47 bits per heavy atom. The van der Waals surface area contributed by atoms with Gasteiger partial charge < -0.3 is 10.1 Å². The molecule has 82 valence electrons. The lowest BCUT2D eigenvalue weighted by atomic mass is 10.2. The molecule has 2 unspecified atom stereocenters. The van der Waals surface area contributed by atoms with Crippen molar-refractivity contribution in [3.05, 3.63) is 11.6 Å². The van der Waals surface area contributed by atoms with Gasteiger partial charge in [-0.15, -0.1) is 0 Å². The van der Waals surface area contributed by atoms with Crippen LogP contribution in [0.5, 0.6) is 0 Å². The smallest absolute Gasteiger partial charge is 0.256 e. The van der Waals surface area contributed by atoms with Gasteiger partial charge in [0.2, 0.25) is 0 Å². The molecule has 2 heterocycles. The second kappa shape index (κ2) is 3.75. The Balaban J connectivity index is 2.18. The van der Waals surface area contributed by atoms with E-state index in [0.717, 1.165) is 0 Å². The Hall–Kier alpha value is -1.20. The number of carbonyl (C=O) groups is 2. The number of ether oxygens (including phenoxy) is 1. The SMILES string of the molecule is COC1CNCC1N1C(=O)C=C(C)C1=O. The van der Waals surface area contributed by atoms with E-state index in [1.54, 1.807) is 14.0 Å². The van der Waals surface area contributed by atoms with Crippen molar-refractivity contribution >= 4 is 11.8 Å². The van der Waals surface area contributed by atoms with Gasteiger partial charge in [0.05, 0.1) is 12.1 Å². The van der Waals surface area contributed by atoms with Gasteiger partial charge in [-0.25, -0.2) is 0 Å². The number of carbonyl (C=O) groups excluding carboxylic acids is 2. The Bertz CT molecular complexity index is 338. The Morgan fingerprint density at radius 3 is 2.73 bits per heavy atom. The summed E-state index contributed by atoms with van der Waals surface area (Å²) in [7, 11) is 1.59. The maximum atomic E-state index is 11.7. The molecule has 0 aromatic rings. The summed E-state index contributed by atoms with van der Waals surface area (Å²) in [4.78, 5) is 24.6. The fourth-order valence-corrected chi connectivity index (χ4v) is 2.06. The summed E-state index contributed by atoms with van der Waals surface area (Å²) < 4.78 is 5.24. The molecule has 0 aromatic heterocycles. The molecule has 0 saturated carbocycles. The van der Waals surface area contributed by atoms with E-state index in [-0.39, 0.29) is 24.0 Å². The highest BCUT2D eigenvalue weighted by molar-refractivity contribution is 6.16. The predicted molar refractivity (Wildman–Crippen MR) is 53.1 cm³/mol. The summed E-state index contributed by atoms with van der Waals surface area (Å²) >= 11 is 0. The quantitative estimate of drug-likeness (QED) is 0.612. The summed E-state index contributed by atoms with van der Waals surface area (Å²) in [5.74, 6) is -0.427. The van der Waals surface area contributed by atoms with Crippen LogP contribution in [0.4, 0.5) is 0 Å². The van der Waals surface area contributed by atoms with Crippen LogP contribution in [0.2, 0.25) is 0 Å². The lowest BCUT2D eigenvalue weighted by molar-refractivity contribution is -0.141. The molecule has 0 radical (unpaired) electrons. The maximum Gasteiger partial charge on any atom is 0.256 e. The third kappa shape index (κ3) is 1.57. The molecule has 15 heavy (non-hydrogen) atoms. The van der Waals surface area contributed by atoms with Crippen LogP contribution < -0.4 is 5.32 Å². The van der Waals surface area contributed by atoms with E-state index in [1.165, 1.54) is 11.0 Å². The van der Waals surface area contributed by atoms with E-state index < -0.39 is 0 Å². The van der Waals surface area contributed by atoms with Gasteiger partial charge in [0.1, 0.15) is 0 Å². The zero-order valence-electron chi connectivity index (χ0n) is 8.82. The zero-order chi connectivity index (χ0) is 11.0. The number of nitrogens with zero attached hydrogens (tertiary/aromatic N) is 1. The number of methoxy groups -OCH3 is 1. The van der Waals surface area contributed by atoms with Crippen molar-refractivity contribution in [2.24, 2.45) is 0 Å². The van der Waals surface area contributed by atoms with Crippen LogP contribution in [0, 0.1) is 0 Å². The zero-order valence-corrected chi connectivity index (χ0v) is 8.82. The van der Waals surface area contributed by atoms with E-state index in [4.69, 9.17) is 4.74 Å². The molecule has 0 aromatic carbocycles. The average Bonchev–Trinajstić information content (AvgIpc) is 2.73. The molecule has 0 bridgehead atoms. The number of amides is 2. The third-order valence-electron chi connectivity index (χ3n) is 2.90. The third-order valence-corrected chi connectivity index (χ3v) is 2.90. The average molecular weight is 210 g/mol. The Labute approximate surface area is 88.1 Å².